The third-order valence-electron chi connectivity index (χ3n) is 3.45. The molecule has 0 aliphatic heterocycles. The van der Waals surface area contributed by atoms with Crippen LogP contribution >= 0.6 is 11.8 Å². The molecule has 0 saturated carbocycles. The van der Waals surface area contributed by atoms with Gasteiger partial charge >= 0.3 is 0 Å². The van der Waals surface area contributed by atoms with Crippen molar-refractivity contribution < 1.29 is 14.2 Å². The SMILES string of the molecule is COCc1c(C(=O)N/N=C/c2ccc(SC)cc2)nnn1-c1nonc1N. The molecule has 0 saturated heterocycles. The van der Waals surface area contributed by atoms with Crippen molar-refractivity contribution in [3.8, 4) is 5.82 Å². The fraction of sp³-hybridized carbons (Fsp3) is 0.200. The van der Waals surface area contributed by atoms with Crippen LogP contribution in [0.1, 0.15) is 21.7 Å². The number of amides is 1. The van der Waals surface area contributed by atoms with Crippen molar-refractivity contribution in [2.24, 2.45) is 5.10 Å². The van der Waals surface area contributed by atoms with Crippen LogP contribution in [0.25, 0.3) is 5.82 Å². The van der Waals surface area contributed by atoms with Crippen LogP contribution in [0.15, 0.2) is 38.9 Å². The summed E-state index contributed by atoms with van der Waals surface area (Å²) < 4.78 is 10.9. The second-order valence-corrected chi connectivity index (χ2v) is 6.05. The third-order valence-corrected chi connectivity index (χ3v) is 4.19. The van der Waals surface area contributed by atoms with E-state index in [1.165, 1.54) is 18.0 Å². The summed E-state index contributed by atoms with van der Waals surface area (Å²) in [6.45, 7) is 0.0436. The molecule has 0 fully saturated rings. The molecule has 0 aliphatic carbocycles. The first-order chi connectivity index (χ1) is 13.1. The van der Waals surface area contributed by atoms with E-state index in [0.29, 0.717) is 5.69 Å². The van der Waals surface area contributed by atoms with Crippen LogP contribution in [-0.4, -0.2) is 50.8 Å². The Hall–Kier alpha value is -3.25. The quantitative estimate of drug-likeness (QED) is 0.342. The summed E-state index contributed by atoms with van der Waals surface area (Å²) in [5, 5.41) is 18.8. The van der Waals surface area contributed by atoms with Gasteiger partial charge in [-0.1, -0.05) is 17.3 Å². The molecular weight excluding hydrogens is 372 g/mol. The first-order valence-corrected chi connectivity index (χ1v) is 8.86. The molecule has 0 aliphatic rings. The first-order valence-electron chi connectivity index (χ1n) is 7.63. The summed E-state index contributed by atoms with van der Waals surface area (Å²) in [7, 11) is 1.47. The van der Waals surface area contributed by atoms with Crippen molar-refractivity contribution in [3.05, 3.63) is 41.2 Å². The van der Waals surface area contributed by atoms with Gasteiger partial charge in [0.25, 0.3) is 5.91 Å². The number of hydrogen-bond acceptors (Lipinski definition) is 10. The monoisotopic (exact) mass is 388 g/mol. The summed E-state index contributed by atoms with van der Waals surface area (Å²) in [6.07, 6.45) is 3.53. The standard InChI is InChI=1S/C15H16N8O3S/c1-25-8-11-12(18-22-23(11)14-13(16)20-26-21-14)15(24)19-17-7-9-3-5-10(27-2)6-4-9/h3-7H,8H2,1-2H3,(H2,16,20)(H,19,24)/b17-7+. The van der Waals surface area contributed by atoms with Gasteiger partial charge in [0.2, 0.25) is 11.6 Å². The van der Waals surface area contributed by atoms with Crippen molar-refractivity contribution in [1.29, 1.82) is 0 Å². The Balaban J connectivity index is 1.77. The maximum atomic E-state index is 12.4. The van der Waals surface area contributed by atoms with E-state index >= 15 is 0 Å². The largest absolute Gasteiger partial charge is 0.378 e. The molecule has 1 aromatic carbocycles. The van der Waals surface area contributed by atoms with Gasteiger partial charge in [-0.25, -0.2) is 10.1 Å². The van der Waals surface area contributed by atoms with Crippen LogP contribution in [0, 0.1) is 0 Å². The normalized spacial score (nSPS) is 11.2. The van der Waals surface area contributed by atoms with E-state index in [1.54, 1.807) is 11.8 Å². The van der Waals surface area contributed by atoms with Crippen molar-refractivity contribution in [1.82, 2.24) is 30.7 Å². The number of carbonyl (C=O) groups is 1. The van der Waals surface area contributed by atoms with Gasteiger partial charge in [-0.3, -0.25) is 4.79 Å². The van der Waals surface area contributed by atoms with Crippen molar-refractivity contribution in [3.63, 3.8) is 0 Å². The highest BCUT2D eigenvalue weighted by atomic mass is 32.2. The van der Waals surface area contributed by atoms with Crippen molar-refractivity contribution in [2.45, 2.75) is 11.5 Å². The van der Waals surface area contributed by atoms with Gasteiger partial charge in [-0.05, 0) is 34.3 Å². The molecule has 3 rings (SSSR count). The zero-order chi connectivity index (χ0) is 19.2. The van der Waals surface area contributed by atoms with Gasteiger partial charge in [-0.15, -0.1) is 16.9 Å². The summed E-state index contributed by atoms with van der Waals surface area (Å²) >= 11 is 1.64. The number of hydrazone groups is 1. The Labute approximate surface area is 157 Å². The van der Waals surface area contributed by atoms with Crippen LogP contribution in [0.2, 0.25) is 0 Å². The number of carbonyl (C=O) groups excluding carboxylic acids is 1. The van der Waals surface area contributed by atoms with Gasteiger partial charge in [-0.2, -0.15) is 9.78 Å². The lowest BCUT2D eigenvalue weighted by Gasteiger charge is -2.03. The molecule has 0 bridgehead atoms. The second kappa shape index (κ2) is 8.42. The second-order valence-electron chi connectivity index (χ2n) is 5.17. The van der Waals surface area contributed by atoms with E-state index in [0.717, 1.165) is 10.5 Å². The average Bonchev–Trinajstić information content (AvgIpc) is 3.28. The lowest BCUT2D eigenvalue weighted by atomic mass is 10.2. The Kier molecular flexibility index (Phi) is 5.78. The smallest absolute Gasteiger partial charge is 0.293 e. The first kappa shape index (κ1) is 18.5. The van der Waals surface area contributed by atoms with Gasteiger partial charge in [0.05, 0.1) is 12.8 Å². The summed E-state index contributed by atoms with van der Waals surface area (Å²) in [5.41, 5.74) is 9.27. The average molecular weight is 388 g/mol. The highest BCUT2D eigenvalue weighted by Crippen LogP contribution is 2.16. The minimum Gasteiger partial charge on any atom is -0.378 e. The number of nitrogens with two attached hydrogens (primary N) is 1. The van der Waals surface area contributed by atoms with Gasteiger partial charge in [0.15, 0.2) is 5.69 Å². The molecular formula is C15H16N8O3S. The summed E-state index contributed by atoms with van der Waals surface area (Å²) in [5.74, 6) is -0.429. The van der Waals surface area contributed by atoms with Crippen molar-refractivity contribution in [2.75, 3.05) is 19.1 Å². The molecule has 3 N–H and O–H groups in total. The molecule has 1 amide bonds. The summed E-state index contributed by atoms with van der Waals surface area (Å²) in [6, 6.07) is 7.72. The molecule has 2 aromatic heterocycles. The van der Waals surface area contributed by atoms with E-state index in [9.17, 15) is 4.79 Å². The Morgan fingerprint density at radius 2 is 2.19 bits per heavy atom. The number of benzene rings is 1. The van der Waals surface area contributed by atoms with Crippen LogP contribution in [0.3, 0.4) is 0 Å². The fourth-order valence-corrected chi connectivity index (χ4v) is 2.57. The van der Waals surface area contributed by atoms with Crippen molar-refractivity contribution >= 4 is 29.7 Å². The Morgan fingerprint density at radius 1 is 1.41 bits per heavy atom. The molecule has 140 valence electrons. The van der Waals surface area contributed by atoms with E-state index in [4.69, 9.17) is 10.5 Å². The molecule has 12 heteroatoms. The fourth-order valence-electron chi connectivity index (χ4n) is 2.16. The molecule has 27 heavy (non-hydrogen) atoms. The van der Waals surface area contributed by atoms with E-state index in [2.05, 4.69) is 35.8 Å². The van der Waals surface area contributed by atoms with Gasteiger partial charge in [0, 0.05) is 12.0 Å². The van der Waals surface area contributed by atoms with Crippen LogP contribution in [0.5, 0.6) is 0 Å². The number of ether oxygens (including phenoxy) is 1. The minimum absolute atomic E-state index is 0.0101. The highest BCUT2D eigenvalue weighted by Gasteiger charge is 2.23. The molecule has 0 radical (unpaired) electrons. The lowest BCUT2D eigenvalue weighted by molar-refractivity contribution is 0.0944. The number of methoxy groups -OCH3 is 1. The number of thioether (sulfide) groups is 1. The number of nitrogens with zero attached hydrogens (tertiary/aromatic N) is 6. The number of nitrogen functional groups attached to an aromatic ring is 1. The van der Waals surface area contributed by atoms with E-state index in [-0.39, 0.29) is 23.9 Å². The molecule has 0 atom stereocenters. The number of nitrogens with one attached hydrogen (secondary N) is 1. The molecule has 3 aromatic rings. The molecule has 11 nitrogen and oxygen atoms in total. The molecule has 0 unspecified atom stereocenters. The zero-order valence-corrected chi connectivity index (χ0v) is 15.3. The van der Waals surface area contributed by atoms with Crippen LogP contribution < -0.4 is 11.2 Å². The van der Waals surface area contributed by atoms with Crippen LogP contribution in [-0.2, 0) is 11.3 Å². The van der Waals surface area contributed by atoms with E-state index < -0.39 is 5.91 Å². The maximum absolute atomic E-state index is 12.4. The minimum atomic E-state index is -0.555. The van der Waals surface area contributed by atoms with Crippen LogP contribution in [0.4, 0.5) is 5.82 Å². The predicted molar refractivity (Wildman–Crippen MR) is 97.6 cm³/mol. The third kappa shape index (κ3) is 4.12. The Morgan fingerprint density at radius 3 is 2.81 bits per heavy atom. The van der Waals surface area contributed by atoms with Gasteiger partial charge < -0.3 is 10.5 Å². The highest BCUT2D eigenvalue weighted by molar-refractivity contribution is 7.98. The maximum Gasteiger partial charge on any atom is 0.293 e. The zero-order valence-electron chi connectivity index (χ0n) is 14.5. The van der Waals surface area contributed by atoms with Gasteiger partial charge in [0.1, 0.15) is 5.69 Å². The number of rotatable bonds is 7. The number of aromatic nitrogens is 5. The molecule has 0 spiro atoms. The predicted octanol–water partition coefficient (Wildman–Crippen LogP) is 0.865. The molecule has 2 heterocycles. The Bertz CT molecular complexity index is 950. The number of hydrogen-bond donors (Lipinski definition) is 2. The summed E-state index contributed by atoms with van der Waals surface area (Å²) in [4.78, 5) is 13.5. The lowest BCUT2D eigenvalue weighted by Crippen LogP contribution is -2.20. The number of anilines is 1. The van der Waals surface area contributed by atoms with E-state index in [1.807, 2.05) is 30.5 Å². The topological polar surface area (TPSA) is 146 Å².